The number of ether oxygens (including phenoxy) is 2. The van der Waals surface area contributed by atoms with Crippen LogP contribution in [0.2, 0.25) is 0 Å². The third kappa shape index (κ3) is 2.14. The van der Waals surface area contributed by atoms with Crippen molar-refractivity contribution < 1.29 is 14.3 Å². The summed E-state index contributed by atoms with van der Waals surface area (Å²) in [7, 11) is 2.85. The lowest BCUT2D eigenvalue weighted by Crippen LogP contribution is -2.03. The predicted octanol–water partition coefficient (Wildman–Crippen LogP) is 2.61. The zero-order chi connectivity index (χ0) is 12.3. The molecule has 0 bridgehead atoms. The van der Waals surface area contributed by atoms with Gasteiger partial charge in [0.1, 0.15) is 11.3 Å². The lowest BCUT2D eigenvalue weighted by atomic mass is 10.1. The Morgan fingerprint density at radius 1 is 1.24 bits per heavy atom. The van der Waals surface area contributed by atoms with Crippen LogP contribution in [0.15, 0.2) is 30.3 Å². The summed E-state index contributed by atoms with van der Waals surface area (Å²) in [4.78, 5) is 11.7. The molecule has 0 aliphatic rings. The van der Waals surface area contributed by atoms with Crippen LogP contribution < -0.4 is 4.74 Å². The summed E-state index contributed by atoms with van der Waals surface area (Å²) in [5.74, 6) is -0.436. The van der Waals surface area contributed by atoms with Crippen LogP contribution in [-0.2, 0) is 4.74 Å². The molecule has 0 saturated heterocycles. The summed E-state index contributed by atoms with van der Waals surface area (Å²) >= 11 is 1.14. The second-order valence-electron chi connectivity index (χ2n) is 3.26. The van der Waals surface area contributed by atoms with Crippen LogP contribution in [-0.4, -0.2) is 24.6 Å². The molecule has 5 heteroatoms. The first-order valence-corrected chi connectivity index (χ1v) is 5.72. The van der Waals surface area contributed by atoms with Gasteiger partial charge in [-0.05, 0) is 0 Å². The molecular weight excluding hydrogens is 238 g/mol. The largest absolute Gasteiger partial charge is 0.486 e. The average Bonchev–Trinajstić information content (AvgIpc) is 2.82. The fourth-order valence-corrected chi connectivity index (χ4v) is 2.21. The van der Waals surface area contributed by atoms with Crippen LogP contribution >= 0.6 is 11.5 Å². The third-order valence-electron chi connectivity index (χ3n) is 2.28. The molecule has 1 aromatic carbocycles. The van der Waals surface area contributed by atoms with Crippen molar-refractivity contribution in [1.82, 2.24) is 4.37 Å². The highest BCUT2D eigenvalue weighted by atomic mass is 32.1. The number of hydrogen-bond donors (Lipinski definition) is 0. The van der Waals surface area contributed by atoms with E-state index in [1.54, 1.807) is 0 Å². The molecule has 0 amide bonds. The van der Waals surface area contributed by atoms with E-state index in [1.165, 1.54) is 14.2 Å². The Kier molecular flexibility index (Phi) is 3.39. The van der Waals surface area contributed by atoms with Gasteiger partial charge in [0.25, 0.3) is 0 Å². The molecule has 2 rings (SSSR count). The second-order valence-corrected chi connectivity index (χ2v) is 3.99. The van der Waals surface area contributed by atoms with E-state index in [2.05, 4.69) is 4.37 Å². The maximum atomic E-state index is 11.7. The molecule has 0 fully saturated rings. The van der Waals surface area contributed by atoms with Crippen LogP contribution in [0.1, 0.15) is 10.4 Å². The second kappa shape index (κ2) is 4.97. The zero-order valence-electron chi connectivity index (χ0n) is 9.47. The maximum absolute atomic E-state index is 11.7. The molecule has 0 N–H and O–H groups in total. The number of aromatic nitrogens is 1. The summed E-state index contributed by atoms with van der Waals surface area (Å²) < 4.78 is 14.1. The Hall–Kier alpha value is -1.88. The number of carbonyl (C=O) groups is 1. The number of hydrogen-bond acceptors (Lipinski definition) is 5. The van der Waals surface area contributed by atoms with Crippen molar-refractivity contribution in [3.05, 3.63) is 35.9 Å². The van der Waals surface area contributed by atoms with E-state index in [0.717, 1.165) is 17.1 Å². The highest BCUT2D eigenvalue weighted by molar-refractivity contribution is 7.08. The normalized spacial score (nSPS) is 10.0. The molecule has 17 heavy (non-hydrogen) atoms. The SMILES string of the molecule is COC(=O)c1c(-c2ccccc2)nsc1OC. The van der Waals surface area contributed by atoms with E-state index in [4.69, 9.17) is 9.47 Å². The average molecular weight is 249 g/mol. The maximum Gasteiger partial charge on any atom is 0.344 e. The van der Waals surface area contributed by atoms with E-state index >= 15 is 0 Å². The fourth-order valence-electron chi connectivity index (χ4n) is 1.49. The number of rotatable bonds is 3. The van der Waals surface area contributed by atoms with E-state index < -0.39 is 5.97 Å². The number of methoxy groups -OCH3 is 2. The molecule has 0 radical (unpaired) electrons. The molecule has 1 heterocycles. The van der Waals surface area contributed by atoms with Gasteiger partial charge >= 0.3 is 5.97 Å². The van der Waals surface area contributed by atoms with E-state index in [9.17, 15) is 4.79 Å². The van der Waals surface area contributed by atoms with E-state index in [1.807, 2.05) is 30.3 Å². The number of esters is 1. The van der Waals surface area contributed by atoms with Gasteiger partial charge in [-0.25, -0.2) is 4.79 Å². The van der Waals surface area contributed by atoms with Crippen molar-refractivity contribution in [3.8, 4) is 16.3 Å². The van der Waals surface area contributed by atoms with Gasteiger partial charge in [-0.2, -0.15) is 4.37 Å². The summed E-state index contributed by atoms with van der Waals surface area (Å²) in [6.07, 6.45) is 0. The summed E-state index contributed by atoms with van der Waals surface area (Å²) in [5, 5.41) is 0.468. The molecule has 0 unspecified atom stereocenters. The highest BCUT2D eigenvalue weighted by Gasteiger charge is 2.23. The van der Waals surface area contributed by atoms with E-state index in [0.29, 0.717) is 16.3 Å². The molecule has 0 saturated carbocycles. The summed E-state index contributed by atoms with van der Waals surface area (Å²) in [6, 6.07) is 9.47. The lowest BCUT2D eigenvalue weighted by molar-refractivity contribution is 0.0599. The van der Waals surface area contributed by atoms with Crippen molar-refractivity contribution >= 4 is 17.5 Å². The first-order chi connectivity index (χ1) is 8.27. The Morgan fingerprint density at radius 3 is 2.53 bits per heavy atom. The van der Waals surface area contributed by atoms with Crippen molar-refractivity contribution in [1.29, 1.82) is 0 Å². The fraction of sp³-hybridized carbons (Fsp3) is 0.167. The first-order valence-electron chi connectivity index (χ1n) is 4.95. The number of nitrogens with zero attached hydrogens (tertiary/aromatic N) is 1. The van der Waals surface area contributed by atoms with Gasteiger partial charge in [0.05, 0.1) is 14.2 Å². The smallest absolute Gasteiger partial charge is 0.344 e. The van der Waals surface area contributed by atoms with Gasteiger partial charge in [0.2, 0.25) is 5.06 Å². The minimum Gasteiger partial charge on any atom is -0.486 e. The predicted molar refractivity (Wildman–Crippen MR) is 65.4 cm³/mol. The quantitative estimate of drug-likeness (QED) is 0.784. The lowest BCUT2D eigenvalue weighted by Gasteiger charge is -2.03. The molecule has 4 nitrogen and oxygen atoms in total. The molecule has 0 spiro atoms. The molecule has 0 aliphatic carbocycles. The van der Waals surface area contributed by atoms with Crippen LogP contribution in [0.25, 0.3) is 11.3 Å². The minimum atomic E-state index is -0.436. The van der Waals surface area contributed by atoms with Gasteiger partial charge in [-0.1, -0.05) is 30.3 Å². The van der Waals surface area contributed by atoms with Gasteiger partial charge in [0, 0.05) is 17.1 Å². The Balaban J connectivity index is 2.55. The standard InChI is InChI=1S/C12H11NO3S/c1-15-11(14)9-10(13-17-12(9)16-2)8-6-4-3-5-7-8/h3-7H,1-2H3. The van der Waals surface area contributed by atoms with Crippen LogP contribution in [0, 0.1) is 0 Å². The molecule has 0 atom stereocenters. The van der Waals surface area contributed by atoms with Gasteiger partial charge < -0.3 is 9.47 Å². The monoisotopic (exact) mass is 249 g/mol. The van der Waals surface area contributed by atoms with Crippen molar-refractivity contribution in [3.63, 3.8) is 0 Å². The number of benzene rings is 1. The highest BCUT2D eigenvalue weighted by Crippen LogP contribution is 2.34. The molecule has 2 aromatic rings. The van der Waals surface area contributed by atoms with Gasteiger partial charge in [0.15, 0.2) is 0 Å². The Bertz CT molecular complexity index is 522. The molecule has 1 aromatic heterocycles. The topological polar surface area (TPSA) is 48.4 Å². The number of carbonyl (C=O) groups excluding carboxylic acids is 1. The van der Waals surface area contributed by atoms with Crippen molar-refractivity contribution in [2.24, 2.45) is 0 Å². The van der Waals surface area contributed by atoms with Crippen LogP contribution in [0.5, 0.6) is 5.06 Å². The Morgan fingerprint density at radius 2 is 1.94 bits per heavy atom. The third-order valence-corrected chi connectivity index (χ3v) is 3.09. The summed E-state index contributed by atoms with van der Waals surface area (Å²) in [5.41, 5.74) is 1.85. The minimum absolute atomic E-state index is 0.381. The summed E-state index contributed by atoms with van der Waals surface area (Å²) in [6.45, 7) is 0. The Labute approximate surface area is 103 Å². The van der Waals surface area contributed by atoms with Gasteiger partial charge in [-0.3, -0.25) is 0 Å². The molecule has 88 valence electrons. The van der Waals surface area contributed by atoms with Crippen LogP contribution in [0.4, 0.5) is 0 Å². The van der Waals surface area contributed by atoms with Crippen LogP contribution in [0.3, 0.4) is 0 Å². The van der Waals surface area contributed by atoms with Crippen molar-refractivity contribution in [2.45, 2.75) is 0 Å². The molecular formula is C12H11NO3S. The molecule has 0 aliphatic heterocycles. The van der Waals surface area contributed by atoms with Crippen molar-refractivity contribution in [2.75, 3.05) is 14.2 Å². The van der Waals surface area contributed by atoms with E-state index in [-0.39, 0.29) is 0 Å². The first kappa shape index (κ1) is 11.6. The van der Waals surface area contributed by atoms with Gasteiger partial charge in [-0.15, -0.1) is 0 Å². The zero-order valence-corrected chi connectivity index (χ0v) is 10.3.